The number of hydrogen-bond acceptors (Lipinski definition) is 2. The van der Waals surface area contributed by atoms with Gasteiger partial charge in [-0.1, -0.05) is 42.5 Å². The smallest absolute Gasteiger partial charge is 0.251 e. The molecule has 0 aromatic heterocycles. The monoisotopic (exact) mass is 331 g/mol. The third kappa shape index (κ3) is 2.72. The molecule has 0 atom stereocenters. The van der Waals surface area contributed by atoms with E-state index in [9.17, 15) is 14.0 Å². The van der Waals surface area contributed by atoms with Crippen molar-refractivity contribution in [1.82, 2.24) is 5.32 Å². The molecule has 0 aliphatic heterocycles. The fourth-order valence-electron chi connectivity index (χ4n) is 3.06. The van der Waals surface area contributed by atoms with Gasteiger partial charge in [-0.2, -0.15) is 0 Å². The number of rotatable bonds is 3. The Morgan fingerprint density at radius 2 is 1.52 bits per heavy atom. The summed E-state index contributed by atoms with van der Waals surface area (Å²) in [6.07, 6.45) is 0. The minimum Gasteiger partial charge on any atom is -0.348 e. The topological polar surface area (TPSA) is 46.2 Å². The van der Waals surface area contributed by atoms with Crippen molar-refractivity contribution in [1.29, 1.82) is 0 Å². The van der Waals surface area contributed by atoms with Gasteiger partial charge in [0.25, 0.3) is 5.91 Å². The van der Waals surface area contributed by atoms with E-state index in [0.717, 1.165) is 16.7 Å². The van der Waals surface area contributed by atoms with Crippen LogP contribution in [0.2, 0.25) is 0 Å². The Bertz CT molecular complexity index is 993. The molecule has 0 bridgehead atoms. The number of hydrogen-bond donors (Lipinski definition) is 1. The van der Waals surface area contributed by atoms with Crippen LogP contribution in [0.25, 0.3) is 11.1 Å². The van der Waals surface area contributed by atoms with Crippen molar-refractivity contribution in [2.24, 2.45) is 0 Å². The zero-order valence-electron chi connectivity index (χ0n) is 13.3. The number of fused-ring (bicyclic) bond motifs is 3. The van der Waals surface area contributed by atoms with Crippen LogP contribution >= 0.6 is 0 Å². The van der Waals surface area contributed by atoms with Crippen molar-refractivity contribution in [3.63, 3.8) is 0 Å². The summed E-state index contributed by atoms with van der Waals surface area (Å²) in [7, 11) is 0. The van der Waals surface area contributed by atoms with Gasteiger partial charge in [-0.3, -0.25) is 9.59 Å². The highest BCUT2D eigenvalue weighted by Crippen LogP contribution is 2.36. The molecule has 4 rings (SSSR count). The van der Waals surface area contributed by atoms with Gasteiger partial charge in [-0.25, -0.2) is 4.39 Å². The molecule has 25 heavy (non-hydrogen) atoms. The second-order valence-electron chi connectivity index (χ2n) is 5.94. The molecule has 0 heterocycles. The largest absolute Gasteiger partial charge is 0.348 e. The molecule has 1 aliphatic carbocycles. The molecular weight excluding hydrogens is 317 g/mol. The van der Waals surface area contributed by atoms with E-state index >= 15 is 0 Å². The molecule has 1 amide bonds. The first-order chi connectivity index (χ1) is 12.1. The minimum atomic E-state index is -0.313. The lowest BCUT2D eigenvalue weighted by atomic mass is 10.0. The number of benzene rings is 3. The number of carbonyl (C=O) groups excluding carboxylic acids is 2. The van der Waals surface area contributed by atoms with Crippen LogP contribution in [0.5, 0.6) is 0 Å². The normalized spacial score (nSPS) is 11.8. The quantitative estimate of drug-likeness (QED) is 0.617. The summed E-state index contributed by atoms with van der Waals surface area (Å²) in [4.78, 5) is 24.9. The zero-order valence-corrected chi connectivity index (χ0v) is 13.3. The van der Waals surface area contributed by atoms with Crippen molar-refractivity contribution >= 4 is 11.7 Å². The highest BCUT2D eigenvalue weighted by molar-refractivity contribution is 6.22. The Labute approximate surface area is 144 Å². The third-order valence-corrected chi connectivity index (χ3v) is 4.35. The highest BCUT2D eigenvalue weighted by Gasteiger charge is 2.26. The molecular formula is C21H14FNO2. The Hall–Kier alpha value is -3.27. The number of carbonyl (C=O) groups is 2. The number of ketones is 1. The maximum Gasteiger partial charge on any atom is 0.251 e. The van der Waals surface area contributed by atoms with Crippen molar-refractivity contribution in [2.75, 3.05) is 0 Å². The van der Waals surface area contributed by atoms with Gasteiger partial charge in [-0.05, 0) is 41.0 Å². The van der Waals surface area contributed by atoms with Crippen molar-refractivity contribution in [3.8, 4) is 11.1 Å². The van der Waals surface area contributed by atoms with Gasteiger partial charge >= 0.3 is 0 Å². The molecule has 4 heteroatoms. The fraction of sp³-hybridized carbons (Fsp3) is 0.0476. The van der Waals surface area contributed by atoms with E-state index in [1.165, 1.54) is 12.1 Å². The van der Waals surface area contributed by atoms with Gasteiger partial charge in [0.15, 0.2) is 5.78 Å². The third-order valence-electron chi connectivity index (χ3n) is 4.35. The second-order valence-corrected chi connectivity index (χ2v) is 5.94. The van der Waals surface area contributed by atoms with Gasteiger partial charge in [0.2, 0.25) is 0 Å². The van der Waals surface area contributed by atoms with Crippen LogP contribution in [0.4, 0.5) is 4.39 Å². The molecule has 0 saturated heterocycles. The number of amides is 1. The summed E-state index contributed by atoms with van der Waals surface area (Å²) in [5.41, 5.74) is 4.22. The second kappa shape index (κ2) is 5.98. The van der Waals surface area contributed by atoms with Crippen LogP contribution in [-0.4, -0.2) is 11.7 Å². The predicted molar refractivity (Wildman–Crippen MR) is 92.9 cm³/mol. The van der Waals surface area contributed by atoms with Crippen molar-refractivity contribution < 1.29 is 14.0 Å². The Kier molecular flexibility index (Phi) is 3.65. The average Bonchev–Trinajstić information content (AvgIpc) is 2.93. The molecule has 0 radical (unpaired) electrons. The van der Waals surface area contributed by atoms with Crippen LogP contribution in [0.3, 0.4) is 0 Å². The van der Waals surface area contributed by atoms with Crippen LogP contribution in [0.1, 0.15) is 31.8 Å². The lowest BCUT2D eigenvalue weighted by Gasteiger charge is -2.07. The van der Waals surface area contributed by atoms with Crippen LogP contribution < -0.4 is 5.32 Å². The van der Waals surface area contributed by atoms with E-state index in [-0.39, 0.29) is 17.5 Å². The number of halogens is 1. The van der Waals surface area contributed by atoms with E-state index in [0.29, 0.717) is 23.2 Å². The lowest BCUT2D eigenvalue weighted by molar-refractivity contribution is 0.0951. The SMILES string of the molecule is O=C(NCc1ccc(F)cc1)c1ccc2c(c1)C(=O)c1ccccc1-2. The summed E-state index contributed by atoms with van der Waals surface area (Å²) in [6.45, 7) is 0.296. The van der Waals surface area contributed by atoms with E-state index in [1.54, 1.807) is 30.3 Å². The molecule has 3 aromatic carbocycles. The first-order valence-electron chi connectivity index (χ1n) is 7.94. The van der Waals surface area contributed by atoms with Gasteiger partial charge in [0.05, 0.1) is 0 Å². The van der Waals surface area contributed by atoms with Gasteiger partial charge in [0, 0.05) is 23.2 Å². The van der Waals surface area contributed by atoms with Gasteiger partial charge < -0.3 is 5.32 Å². The Balaban J connectivity index is 1.55. The summed E-state index contributed by atoms with van der Waals surface area (Å²) in [6, 6.07) is 18.6. The molecule has 1 aliphatic rings. The molecule has 0 fully saturated rings. The Morgan fingerprint density at radius 3 is 2.28 bits per heavy atom. The molecule has 0 spiro atoms. The maximum atomic E-state index is 12.9. The van der Waals surface area contributed by atoms with Crippen LogP contribution in [-0.2, 0) is 6.54 Å². The maximum absolute atomic E-state index is 12.9. The molecule has 0 unspecified atom stereocenters. The first-order valence-corrected chi connectivity index (χ1v) is 7.94. The minimum absolute atomic E-state index is 0.0567. The van der Waals surface area contributed by atoms with E-state index in [1.807, 2.05) is 24.3 Å². The Morgan fingerprint density at radius 1 is 0.840 bits per heavy atom. The lowest BCUT2D eigenvalue weighted by Crippen LogP contribution is -2.23. The predicted octanol–water partition coefficient (Wildman–Crippen LogP) is 3.97. The van der Waals surface area contributed by atoms with Gasteiger partial charge in [0.1, 0.15) is 5.82 Å². The number of nitrogens with one attached hydrogen (secondary N) is 1. The molecule has 3 nitrogen and oxygen atoms in total. The molecule has 122 valence electrons. The van der Waals surface area contributed by atoms with E-state index in [2.05, 4.69) is 5.32 Å². The zero-order chi connectivity index (χ0) is 17.4. The summed E-state index contributed by atoms with van der Waals surface area (Å²) in [5, 5.41) is 2.79. The average molecular weight is 331 g/mol. The standard InChI is InChI=1S/C21H14FNO2/c22-15-8-5-13(6-9-15)12-23-21(25)14-7-10-17-16-3-1-2-4-18(16)20(24)19(17)11-14/h1-11H,12H2,(H,23,25). The van der Waals surface area contributed by atoms with E-state index in [4.69, 9.17) is 0 Å². The molecule has 1 N–H and O–H groups in total. The molecule has 3 aromatic rings. The summed E-state index contributed by atoms with van der Waals surface area (Å²) >= 11 is 0. The van der Waals surface area contributed by atoms with E-state index < -0.39 is 0 Å². The van der Waals surface area contributed by atoms with Gasteiger partial charge in [-0.15, -0.1) is 0 Å². The van der Waals surface area contributed by atoms with Crippen molar-refractivity contribution in [2.45, 2.75) is 6.54 Å². The molecule has 0 saturated carbocycles. The summed E-state index contributed by atoms with van der Waals surface area (Å²) < 4.78 is 12.9. The fourth-order valence-corrected chi connectivity index (χ4v) is 3.06. The van der Waals surface area contributed by atoms with Crippen LogP contribution in [0.15, 0.2) is 66.7 Å². The first kappa shape index (κ1) is 15.3. The summed E-state index contributed by atoms with van der Waals surface area (Å²) in [5.74, 6) is -0.638. The highest BCUT2D eigenvalue weighted by atomic mass is 19.1. The van der Waals surface area contributed by atoms with Crippen LogP contribution in [0, 0.1) is 5.82 Å². The van der Waals surface area contributed by atoms with Crippen molar-refractivity contribution in [3.05, 3.63) is 94.8 Å².